The van der Waals surface area contributed by atoms with E-state index in [4.69, 9.17) is 10.8 Å². The summed E-state index contributed by atoms with van der Waals surface area (Å²) in [7, 11) is 0. The van der Waals surface area contributed by atoms with Crippen LogP contribution in [-0.4, -0.2) is 14.5 Å². The van der Waals surface area contributed by atoms with Crippen LogP contribution in [0, 0.1) is 6.92 Å². The van der Waals surface area contributed by atoms with Crippen LogP contribution in [-0.2, 0) is 19.4 Å². The maximum absolute atomic E-state index is 5.40. The highest BCUT2D eigenvalue weighted by Crippen LogP contribution is 2.23. The number of hydrogen-bond donors (Lipinski definition) is 2. The second-order valence-electron chi connectivity index (χ2n) is 5.04. The first-order chi connectivity index (χ1) is 9.28. The minimum Gasteiger partial charge on any atom is -0.328 e. The number of aromatic nitrogens is 3. The van der Waals surface area contributed by atoms with Gasteiger partial charge in [0.1, 0.15) is 11.6 Å². The number of rotatable bonds is 3. The summed E-state index contributed by atoms with van der Waals surface area (Å²) in [6.07, 6.45) is 6.58. The Hall–Kier alpha value is -1.88. The smallest absolute Gasteiger partial charge is 0.140 e. The van der Waals surface area contributed by atoms with Gasteiger partial charge in [0, 0.05) is 18.4 Å². The zero-order valence-corrected chi connectivity index (χ0v) is 11.2. The Morgan fingerprint density at radius 2 is 2.21 bits per heavy atom. The number of nitrogens with one attached hydrogen (secondary N) is 1. The van der Waals surface area contributed by atoms with Gasteiger partial charge in [-0.2, -0.15) is 0 Å². The lowest BCUT2D eigenvalue weighted by molar-refractivity contribution is 0.624. The van der Waals surface area contributed by atoms with Gasteiger partial charge in [-0.25, -0.2) is 15.8 Å². The minimum atomic E-state index is 0.698. The normalized spacial score (nSPS) is 14.2. The van der Waals surface area contributed by atoms with Crippen molar-refractivity contribution in [1.29, 1.82) is 0 Å². The fraction of sp³-hybridized carbons (Fsp3) is 0.429. The lowest BCUT2D eigenvalue weighted by Crippen LogP contribution is -2.12. The largest absolute Gasteiger partial charge is 0.328 e. The molecular formula is C14H19N5. The van der Waals surface area contributed by atoms with Gasteiger partial charge in [-0.15, -0.1) is 0 Å². The van der Waals surface area contributed by atoms with Gasteiger partial charge in [0.2, 0.25) is 0 Å². The average Bonchev–Trinajstić information content (AvgIpc) is 2.76. The van der Waals surface area contributed by atoms with Crippen LogP contribution in [0.15, 0.2) is 18.3 Å². The van der Waals surface area contributed by atoms with Crippen molar-refractivity contribution >= 4 is 5.82 Å². The lowest BCUT2D eigenvalue weighted by Gasteiger charge is -2.15. The van der Waals surface area contributed by atoms with Crippen molar-refractivity contribution in [3.63, 3.8) is 0 Å². The highest BCUT2D eigenvalue weighted by Gasteiger charge is 2.17. The monoisotopic (exact) mass is 257 g/mol. The van der Waals surface area contributed by atoms with Gasteiger partial charge < -0.3 is 9.99 Å². The number of fused-ring (bicyclic) bond motifs is 1. The molecule has 0 fully saturated rings. The molecule has 0 aromatic carbocycles. The van der Waals surface area contributed by atoms with Crippen LogP contribution in [0.5, 0.6) is 0 Å². The van der Waals surface area contributed by atoms with E-state index in [0.717, 1.165) is 25.2 Å². The second-order valence-corrected chi connectivity index (χ2v) is 5.04. The Bertz CT molecular complexity index is 588. The number of imidazole rings is 1. The lowest BCUT2D eigenvalue weighted by atomic mass is 10.0. The number of nitrogens with two attached hydrogens (primary N) is 1. The summed E-state index contributed by atoms with van der Waals surface area (Å²) in [5, 5.41) is 0. The predicted molar refractivity (Wildman–Crippen MR) is 74.8 cm³/mol. The van der Waals surface area contributed by atoms with E-state index in [1.807, 2.05) is 12.1 Å². The molecule has 3 rings (SSSR count). The molecule has 1 aliphatic rings. The van der Waals surface area contributed by atoms with Gasteiger partial charge in [-0.1, -0.05) is 0 Å². The van der Waals surface area contributed by atoms with E-state index in [1.165, 1.54) is 29.8 Å². The molecule has 2 aromatic rings. The Morgan fingerprint density at radius 1 is 1.37 bits per heavy atom. The zero-order valence-electron chi connectivity index (χ0n) is 11.2. The molecule has 0 atom stereocenters. The maximum atomic E-state index is 5.40. The summed E-state index contributed by atoms with van der Waals surface area (Å²) >= 11 is 0. The Labute approximate surface area is 112 Å². The van der Waals surface area contributed by atoms with E-state index in [2.05, 4.69) is 21.9 Å². The van der Waals surface area contributed by atoms with Crippen molar-refractivity contribution in [2.24, 2.45) is 5.84 Å². The fourth-order valence-electron chi connectivity index (χ4n) is 2.78. The van der Waals surface area contributed by atoms with Crippen LogP contribution >= 0.6 is 0 Å². The van der Waals surface area contributed by atoms with Crippen LogP contribution in [0.2, 0.25) is 0 Å². The molecule has 0 aliphatic heterocycles. The summed E-state index contributed by atoms with van der Waals surface area (Å²) in [6, 6.07) is 4.00. The molecule has 0 radical (unpaired) electrons. The number of pyridine rings is 1. The van der Waals surface area contributed by atoms with E-state index in [0.29, 0.717) is 5.82 Å². The van der Waals surface area contributed by atoms with Gasteiger partial charge in [-0.3, -0.25) is 0 Å². The number of nitrogen functional groups attached to an aromatic ring is 1. The Balaban J connectivity index is 1.92. The molecule has 19 heavy (non-hydrogen) atoms. The summed E-state index contributed by atoms with van der Waals surface area (Å²) in [5.74, 6) is 7.20. The third-order valence-electron chi connectivity index (χ3n) is 3.74. The number of anilines is 1. The van der Waals surface area contributed by atoms with E-state index in [1.54, 1.807) is 6.20 Å². The molecule has 5 nitrogen and oxygen atoms in total. The van der Waals surface area contributed by atoms with Crippen LogP contribution in [0.4, 0.5) is 5.82 Å². The molecule has 0 unspecified atom stereocenters. The molecule has 100 valence electrons. The molecule has 0 amide bonds. The first-order valence-corrected chi connectivity index (χ1v) is 6.74. The highest BCUT2D eigenvalue weighted by atomic mass is 15.2. The first kappa shape index (κ1) is 12.2. The van der Waals surface area contributed by atoms with Gasteiger partial charge in [0.25, 0.3) is 0 Å². The molecule has 2 heterocycles. The molecule has 0 spiro atoms. The average molecular weight is 257 g/mol. The summed E-state index contributed by atoms with van der Waals surface area (Å²) in [6.45, 7) is 2.92. The van der Waals surface area contributed by atoms with E-state index in [-0.39, 0.29) is 0 Å². The van der Waals surface area contributed by atoms with E-state index < -0.39 is 0 Å². The topological polar surface area (TPSA) is 68.8 Å². The summed E-state index contributed by atoms with van der Waals surface area (Å²) in [4.78, 5) is 8.83. The van der Waals surface area contributed by atoms with Gasteiger partial charge >= 0.3 is 0 Å². The van der Waals surface area contributed by atoms with Crippen molar-refractivity contribution < 1.29 is 0 Å². The number of nitrogens with zero attached hydrogens (tertiary/aromatic N) is 3. The zero-order chi connectivity index (χ0) is 13.2. The molecule has 2 aromatic heterocycles. The minimum absolute atomic E-state index is 0.698. The van der Waals surface area contributed by atoms with Crippen molar-refractivity contribution in [1.82, 2.24) is 14.5 Å². The van der Waals surface area contributed by atoms with Gasteiger partial charge in [-0.05, 0) is 50.3 Å². The molecule has 1 aliphatic carbocycles. The molecule has 0 bridgehead atoms. The number of aryl methyl sites for hydroxylation is 2. The van der Waals surface area contributed by atoms with Crippen LogP contribution in [0.25, 0.3) is 0 Å². The third kappa shape index (κ3) is 2.33. The Kier molecular flexibility index (Phi) is 3.21. The Morgan fingerprint density at radius 3 is 3.05 bits per heavy atom. The molecular weight excluding hydrogens is 238 g/mol. The van der Waals surface area contributed by atoms with Crippen molar-refractivity contribution in [2.75, 3.05) is 5.43 Å². The SMILES string of the molecule is Cc1nc2c(n1Cc1ccnc(NN)c1)CCCC2. The molecule has 5 heteroatoms. The van der Waals surface area contributed by atoms with E-state index >= 15 is 0 Å². The molecule has 3 N–H and O–H groups in total. The highest BCUT2D eigenvalue weighted by molar-refractivity contribution is 5.36. The van der Waals surface area contributed by atoms with Crippen LogP contribution in [0.1, 0.15) is 35.6 Å². The maximum Gasteiger partial charge on any atom is 0.140 e. The molecule has 0 saturated carbocycles. The van der Waals surface area contributed by atoms with Crippen molar-refractivity contribution in [2.45, 2.75) is 39.2 Å². The standard InChI is InChI=1S/C14H19N5/c1-10-17-12-4-2-3-5-13(12)19(10)9-11-6-7-16-14(8-11)18-15/h6-8H,2-5,9,15H2,1H3,(H,16,18). The van der Waals surface area contributed by atoms with Crippen molar-refractivity contribution in [3.05, 3.63) is 41.1 Å². The van der Waals surface area contributed by atoms with Crippen LogP contribution in [0.3, 0.4) is 0 Å². The van der Waals surface area contributed by atoms with Gasteiger partial charge in [0.05, 0.1) is 5.69 Å². The fourth-order valence-corrected chi connectivity index (χ4v) is 2.78. The van der Waals surface area contributed by atoms with Gasteiger partial charge in [0.15, 0.2) is 0 Å². The van der Waals surface area contributed by atoms with E-state index in [9.17, 15) is 0 Å². The predicted octanol–water partition coefficient (Wildman–Crippen LogP) is 1.80. The van der Waals surface area contributed by atoms with Crippen LogP contribution < -0.4 is 11.3 Å². The second kappa shape index (κ2) is 5.01. The first-order valence-electron chi connectivity index (χ1n) is 6.74. The third-order valence-corrected chi connectivity index (χ3v) is 3.74. The quantitative estimate of drug-likeness (QED) is 0.650. The number of hydrazine groups is 1. The van der Waals surface area contributed by atoms with Crippen molar-refractivity contribution in [3.8, 4) is 0 Å². The summed E-state index contributed by atoms with van der Waals surface area (Å²) < 4.78 is 2.32. The number of hydrogen-bond acceptors (Lipinski definition) is 4. The summed E-state index contributed by atoms with van der Waals surface area (Å²) in [5.41, 5.74) is 6.47. The molecule has 0 saturated heterocycles.